The third-order valence-corrected chi connectivity index (χ3v) is 24.3. The van der Waals surface area contributed by atoms with E-state index in [4.69, 9.17) is 45.7 Å². The first-order valence-corrected chi connectivity index (χ1v) is 38.7. The summed E-state index contributed by atoms with van der Waals surface area (Å²) in [7, 11) is 5.91. The van der Waals surface area contributed by atoms with E-state index in [2.05, 4.69) is 35.8 Å². The zero-order chi connectivity index (χ0) is 74.1. The Hall–Kier alpha value is -5.66. The van der Waals surface area contributed by atoms with Crippen LogP contribution in [0.15, 0.2) is 174 Å². The number of nitrogen functional groups attached to an aromatic ring is 2. The number of amides is 5. The van der Waals surface area contributed by atoms with Crippen LogP contribution in [-0.2, 0) is 76.5 Å². The molecule has 546 valence electrons. The number of oxime groups is 2. The van der Waals surface area contributed by atoms with E-state index in [1.807, 2.05) is 121 Å². The number of aromatic nitrogens is 2. The number of methoxy groups -OCH3 is 3. The van der Waals surface area contributed by atoms with Gasteiger partial charge in [-0.25, -0.2) is 19.6 Å². The summed E-state index contributed by atoms with van der Waals surface area (Å²) >= 11 is 10.2. The van der Waals surface area contributed by atoms with Crippen LogP contribution in [0.5, 0.6) is 0 Å². The van der Waals surface area contributed by atoms with Crippen LogP contribution in [0.4, 0.5) is 10.3 Å². The molecule has 8 heterocycles. The van der Waals surface area contributed by atoms with E-state index in [0.717, 1.165) is 66.5 Å². The number of carbonyl (C=O) groups is 9. The molecule has 30 nitrogen and oxygen atoms in total. The predicted molar refractivity (Wildman–Crippen MR) is 391 cm³/mol. The van der Waals surface area contributed by atoms with Crippen LogP contribution in [-0.4, -0.2) is 194 Å². The number of carboxylic acids is 2. The van der Waals surface area contributed by atoms with Crippen molar-refractivity contribution in [3.63, 3.8) is 0 Å². The summed E-state index contributed by atoms with van der Waals surface area (Å²) in [4.78, 5) is 137. The minimum Gasteiger partial charge on any atom is -0.546 e. The van der Waals surface area contributed by atoms with Crippen molar-refractivity contribution in [3.8, 4) is 0 Å². The molecule has 4 aromatic carbocycles. The summed E-state index contributed by atoms with van der Waals surface area (Å²) in [6, 6.07) is 35.4. The number of esters is 2. The molecule has 0 saturated carbocycles. The third kappa shape index (κ3) is 20.7. The van der Waals surface area contributed by atoms with Crippen molar-refractivity contribution in [3.05, 3.63) is 198 Å². The number of thiazole rings is 2. The number of ether oxygens (including phenoxy) is 5. The van der Waals surface area contributed by atoms with Crippen molar-refractivity contribution in [2.75, 3.05) is 81.6 Å². The largest absolute Gasteiger partial charge is 1.00 e. The Morgan fingerprint density at radius 3 is 1.23 bits per heavy atom. The Balaban J connectivity index is 0.000000202. The second kappa shape index (κ2) is 41.4. The zero-order valence-electron chi connectivity index (χ0n) is 57.2. The topological polar surface area (TPSA) is 427 Å². The molecular weight excluding hydrogens is 1580 g/mol. The standard InChI is InChI=1S/C28H27N5O6S3.C22H22N2O4S2.C16H17N5O8S3.2K/c1-37-15-42-19-14-40-26-21(31-24(34)20(32-38-2)18-13-41-28(29)30-18)25(35)33(26)22(19)27(36)39-23(16-9-5-3-6-10-16)17-11-7-4-8-12-17;1-27-13-30-16-12-29-21-17(23)20(25)24(21)18(16)22(26)28-19(14-8-4-2-5-9-14)15-10-6-3-7-11-15;1-28-5-32-7-4-30-14-10(13(25)21(14)11(7)15(26)27)19-12(24)9(20-29-2-8(22)23)6-3-31-16(17)18-6;;/h3-13,21,23,26H,14-15H2,1-2H3,(H2,29,30)(H,31,34);2-11,17,19,21H,12-13,23H2,1H3;3,10,14H,2,4-5H2,1H3,(H2,17,18)(H,19,24)(H,22,23)(H,26,27);;/q;;;2*+1/p-2/b32-20-;;20-9-;;/t21-,26-;17-,21-;10-,14-;;/m111../s1. The Kier molecular flexibility index (Phi) is 33.6. The monoisotopic (exact) mass is 1650 g/mol. The van der Waals surface area contributed by atoms with E-state index in [0.29, 0.717) is 27.3 Å². The minimum atomic E-state index is -1.56. The number of anilines is 2. The molecule has 2 aromatic heterocycles. The van der Waals surface area contributed by atoms with Gasteiger partial charge in [-0.2, -0.15) is 0 Å². The first kappa shape index (κ1) is 85.9. The van der Waals surface area contributed by atoms with Crippen LogP contribution in [0.25, 0.3) is 0 Å². The number of β-lactam (4-membered cyclic amide) rings is 3. The van der Waals surface area contributed by atoms with Gasteiger partial charge in [0.15, 0.2) is 40.5 Å². The minimum absolute atomic E-state index is 0. The number of fused-ring (bicyclic) bond motifs is 3. The second-order valence-electron chi connectivity index (χ2n) is 22.0. The number of nitrogens with one attached hydrogen (secondary N) is 2. The average molecular weight is 1650 g/mol. The van der Waals surface area contributed by atoms with E-state index >= 15 is 0 Å². The number of rotatable bonds is 28. The van der Waals surface area contributed by atoms with Gasteiger partial charge in [-0.3, -0.25) is 38.7 Å². The normalized spacial score (nSPS) is 19.3. The molecule has 6 aliphatic rings. The van der Waals surface area contributed by atoms with Gasteiger partial charge in [-0.05, 0) is 22.3 Å². The van der Waals surface area contributed by atoms with Gasteiger partial charge in [-0.1, -0.05) is 167 Å². The van der Waals surface area contributed by atoms with Gasteiger partial charge in [0.05, 0.1) is 35.5 Å². The van der Waals surface area contributed by atoms with E-state index in [-0.39, 0.29) is 176 Å². The van der Waals surface area contributed by atoms with Crippen LogP contribution < -0.4 is 141 Å². The van der Waals surface area contributed by atoms with Crippen LogP contribution in [0.2, 0.25) is 0 Å². The molecule has 3 fully saturated rings. The van der Waals surface area contributed by atoms with Gasteiger partial charge in [0.25, 0.3) is 23.6 Å². The van der Waals surface area contributed by atoms with E-state index in [1.165, 1.54) is 76.4 Å². The third-order valence-electron chi connectivity index (χ3n) is 15.4. The summed E-state index contributed by atoms with van der Waals surface area (Å²) < 4.78 is 27.5. The summed E-state index contributed by atoms with van der Waals surface area (Å²) in [5.41, 5.74) is 20.4. The molecule has 0 aliphatic carbocycles. The fraction of sp³-hybridized carbons (Fsp3) is 0.288. The van der Waals surface area contributed by atoms with Crippen molar-refractivity contribution in [2.45, 2.75) is 46.5 Å². The Bertz CT molecular complexity index is 4260. The number of benzene rings is 4. The summed E-state index contributed by atoms with van der Waals surface area (Å²) in [5.74, 6) is -5.00. The number of nitrogens with two attached hydrogens (primary N) is 3. The molecule has 0 spiro atoms. The quantitative estimate of drug-likeness (QED) is 0.00838. The SMILES string of the molecule is COCSC1=C(C(=O)OC(c2ccccc2)c2ccccc2)N2C(=O)[C@@H](N)[C@H]2SC1.COCSC1=C(C(=O)OC(c2ccccc2)c2ccccc2)N2C(=O)[C@@H](NC(=O)/C(=N\OC)c3csc(N)n3)[C@H]2SC1.COCSC1=C(C(=O)[O-])N2C(=O)[C@@H](NC(=O)/C(=N\OCC(=O)[O-])c3csc(N)n3)[C@H]2SC1.[K+].[K+]. The maximum Gasteiger partial charge on any atom is 1.00 e. The van der Waals surface area contributed by atoms with Gasteiger partial charge >= 0.3 is 115 Å². The van der Waals surface area contributed by atoms with Gasteiger partial charge in [0.1, 0.15) is 64.1 Å². The van der Waals surface area contributed by atoms with Crippen molar-refractivity contribution < 1.29 is 189 Å². The molecule has 0 radical (unpaired) electrons. The molecule has 12 rings (SSSR count). The molecule has 106 heavy (non-hydrogen) atoms. The number of carbonyl (C=O) groups excluding carboxylic acids is 9. The van der Waals surface area contributed by atoms with Crippen LogP contribution in [0.1, 0.15) is 45.8 Å². The van der Waals surface area contributed by atoms with Gasteiger partial charge < -0.3 is 81.0 Å². The van der Waals surface area contributed by atoms with Crippen molar-refractivity contribution >= 4 is 168 Å². The number of hydrogen-bond donors (Lipinski definition) is 5. The molecule has 6 atom stereocenters. The molecule has 0 bridgehead atoms. The Labute approximate surface area is 725 Å². The smallest absolute Gasteiger partial charge is 0.546 e. The fourth-order valence-corrected chi connectivity index (χ4v) is 18.7. The summed E-state index contributed by atoms with van der Waals surface area (Å²) in [6.45, 7) is -0.910. The van der Waals surface area contributed by atoms with Gasteiger partial charge in [0, 0.05) is 64.1 Å². The molecular formula is C66H64K2N12O18S8. The molecule has 40 heteroatoms. The molecule has 6 aromatic rings. The first-order chi connectivity index (χ1) is 50.3. The number of nitrogens with zero attached hydrogens (tertiary/aromatic N) is 7. The van der Waals surface area contributed by atoms with Crippen molar-refractivity contribution in [1.82, 2.24) is 35.3 Å². The van der Waals surface area contributed by atoms with Crippen LogP contribution >= 0.6 is 93.2 Å². The molecule has 0 unspecified atom stereocenters. The number of carboxylic acid groups (broad SMARTS) is 2. The molecule has 8 N–H and O–H groups in total. The Morgan fingerprint density at radius 1 is 0.538 bits per heavy atom. The van der Waals surface area contributed by atoms with E-state index < -0.39 is 101 Å². The van der Waals surface area contributed by atoms with Crippen molar-refractivity contribution in [1.29, 1.82) is 0 Å². The second-order valence-corrected chi connectivity index (χ2v) is 30.1. The molecule has 5 amide bonds. The summed E-state index contributed by atoms with van der Waals surface area (Å²) in [6.07, 6.45) is -1.28. The van der Waals surface area contributed by atoms with Gasteiger partial charge in [-0.15, -0.1) is 58.0 Å². The van der Waals surface area contributed by atoms with Crippen LogP contribution in [0, 0.1) is 0 Å². The number of aliphatic carboxylic acids is 2. The van der Waals surface area contributed by atoms with E-state index in [1.54, 1.807) is 31.4 Å². The van der Waals surface area contributed by atoms with Crippen molar-refractivity contribution in [2.24, 2.45) is 16.0 Å². The average Bonchev–Trinajstić information content (AvgIpc) is 0.801. The number of hydrogen-bond acceptors (Lipinski definition) is 33. The van der Waals surface area contributed by atoms with E-state index in [9.17, 15) is 53.4 Å². The van der Waals surface area contributed by atoms with Crippen LogP contribution in [0.3, 0.4) is 0 Å². The van der Waals surface area contributed by atoms with Gasteiger partial charge in [0.2, 0.25) is 5.91 Å². The number of thioether (sulfide) groups is 6. The summed E-state index contributed by atoms with van der Waals surface area (Å²) in [5, 5.41) is 36.5. The molecule has 3 saturated heterocycles. The maximum atomic E-state index is 13.9. The zero-order valence-corrected chi connectivity index (χ0v) is 70.0. The maximum absolute atomic E-state index is 13.9. The molecule has 6 aliphatic heterocycles. The predicted octanol–water partition coefficient (Wildman–Crippen LogP) is -2.63. The Morgan fingerprint density at radius 2 is 0.887 bits per heavy atom. The first-order valence-electron chi connectivity index (χ1n) is 30.8. The fourth-order valence-electron chi connectivity index (χ4n) is 10.7.